The van der Waals surface area contributed by atoms with Crippen molar-refractivity contribution in [2.45, 2.75) is 34.2 Å². The van der Waals surface area contributed by atoms with Crippen LogP contribution < -0.4 is 0 Å². The smallest absolute Gasteiger partial charge is 0.107 e. The SMILES string of the molecule is CCn1nccc1-c1nc(C)c(C)c(C)c1C#N. The summed E-state index contributed by atoms with van der Waals surface area (Å²) in [7, 11) is 0. The molecular weight excluding hydrogens is 224 g/mol. The molecule has 2 aromatic rings. The largest absolute Gasteiger partial charge is 0.264 e. The van der Waals surface area contributed by atoms with Crippen molar-refractivity contribution in [3.05, 3.63) is 34.6 Å². The highest BCUT2D eigenvalue weighted by molar-refractivity contribution is 5.66. The van der Waals surface area contributed by atoms with Crippen LogP contribution in [-0.2, 0) is 6.54 Å². The summed E-state index contributed by atoms with van der Waals surface area (Å²) < 4.78 is 1.86. The molecule has 0 atom stereocenters. The maximum absolute atomic E-state index is 9.36. The lowest BCUT2D eigenvalue weighted by Crippen LogP contribution is -2.05. The van der Waals surface area contributed by atoms with Gasteiger partial charge in [0, 0.05) is 18.4 Å². The van der Waals surface area contributed by atoms with Crippen LogP contribution in [0.25, 0.3) is 11.4 Å². The van der Waals surface area contributed by atoms with Crippen molar-refractivity contribution in [1.29, 1.82) is 5.26 Å². The summed E-state index contributed by atoms with van der Waals surface area (Å²) in [5, 5.41) is 13.6. The lowest BCUT2D eigenvalue weighted by Gasteiger charge is -2.12. The van der Waals surface area contributed by atoms with E-state index < -0.39 is 0 Å². The topological polar surface area (TPSA) is 54.5 Å². The molecule has 0 unspecified atom stereocenters. The Morgan fingerprint density at radius 3 is 2.61 bits per heavy atom. The quantitative estimate of drug-likeness (QED) is 0.811. The number of aromatic nitrogens is 3. The first-order valence-electron chi connectivity index (χ1n) is 6.00. The number of nitriles is 1. The van der Waals surface area contributed by atoms with Gasteiger partial charge in [-0.15, -0.1) is 0 Å². The minimum Gasteiger partial charge on any atom is -0.264 e. The Balaban J connectivity index is 2.76. The molecule has 0 N–H and O–H groups in total. The molecule has 0 aromatic carbocycles. The summed E-state index contributed by atoms with van der Waals surface area (Å²) in [6.45, 7) is 8.73. The van der Waals surface area contributed by atoms with Crippen LogP contribution in [0.4, 0.5) is 0 Å². The second kappa shape index (κ2) is 4.61. The van der Waals surface area contributed by atoms with E-state index in [1.807, 2.05) is 38.4 Å². The van der Waals surface area contributed by atoms with Gasteiger partial charge in [-0.2, -0.15) is 10.4 Å². The van der Waals surface area contributed by atoms with E-state index in [9.17, 15) is 5.26 Å². The number of pyridine rings is 1. The van der Waals surface area contributed by atoms with E-state index in [-0.39, 0.29) is 0 Å². The standard InChI is InChI=1S/C14H16N4/c1-5-18-13(6-7-16-18)14-12(8-15)10(3)9(2)11(4)17-14/h6-7H,5H2,1-4H3. The maximum Gasteiger partial charge on any atom is 0.107 e. The Labute approximate surface area is 107 Å². The molecule has 18 heavy (non-hydrogen) atoms. The van der Waals surface area contributed by atoms with E-state index in [0.29, 0.717) is 5.56 Å². The molecule has 4 heteroatoms. The third-order valence-corrected chi connectivity index (χ3v) is 3.37. The van der Waals surface area contributed by atoms with Crippen LogP contribution in [0.1, 0.15) is 29.3 Å². The van der Waals surface area contributed by atoms with E-state index in [4.69, 9.17) is 0 Å². The summed E-state index contributed by atoms with van der Waals surface area (Å²) in [6.07, 6.45) is 1.74. The monoisotopic (exact) mass is 240 g/mol. The van der Waals surface area contributed by atoms with Crippen LogP contribution in [0.3, 0.4) is 0 Å². The zero-order valence-corrected chi connectivity index (χ0v) is 11.2. The van der Waals surface area contributed by atoms with Gasteiger partial charge in [0.1, 0.15) is 11.8 Å². The fourth-order valence-electron chi connectivity index (χ4n) is 2.05. The Morgan fingerprint density at radius 2 is 2.00 bits per heavy atom. The fourth-order valence-corrected chi connectivity index (χ4v) is 2.05. The van der Waals surface area contributed by atoms with Crippen molar-refractivity contribution in [2.24, 2.45) is 0 Å². The number of hydrogen-bond donors (Lipinski definition) is 0. The molecule has 2 aromatic heterocycles. The molecule has 0 saturated carbocycles. The van der Waals surface area contributed by atoms with Gasteiger partial charge in [-0.05, 0) is 44.9 Å². The average Bonchev–Trinajstić information content (AvgIpc) is 2.83. The molecule has 2 rings (SSSR count). The minimum absolute atomic E-state index is 0.647. The van der Waals surface area contributed by atoms with E-state index in [2.05, 4.69) is 16.2 Å². The van der Waals surface area contributed by atoms with Crippen molar-refractivity contribution < 1.29 is 0 Å². The van der Waals surface area contributed by atoms with Gasteiger partial charge in [0.15, 0.2) is 0 Å². The van der Waals surface area contributed by atoms with Crippen LogP contribution in [0, 0.1) is 32.1 Å². The number of nitrogens with zero attached hydrogens (tertiary/aromatic N) is 4. The molecular formula is C14H16N4. The van der Waals surface area contributed by atoms with Gasteiger partial charge in [-0.25, -0.2) is 4.98 Å². The molecule has 0 radical (unpaired) electrons. The predicted molar refractivity (Wildman–Crippen MR) is 70.1 cm³/mol. The van der Waals surface area contributed by atoms with Gasteiger partial charge in [0.25, 0.3) is 0 Å². The Morgan fingerprint density at radius 1 is 1.28 bits per heavy atom. The number of rotatable bonds is 2. The zero-order valence-electron chi connectivity index (χ0n) is 11.2. The third-order valence-electron chi connectivity index (χ3n) is 3.37. The molecule has 92 valence electrons. The van der Waals surface area contributed by atoms with Crippen molar-refractivity contribution in [3.8, 4) is 17.5 Å². The van der Waals surface area contributed by atoms with Crippen LogP contribution >= 0.6 is 0 Å². The molecule has 0 bridgehead atoms. The first-order valence-corrected chi connectivity index (χ1v) is 6.00. The summed E-state index contributed by atoms with van der Waals surface area (Å²) >= 11 is 0. The van der Waals surface area contributed by atoms with Gasteiger partial charge in [-0.3, -0.25) is 4.68 Å². The third kappa shape index (κ3) is 1.78. The van der Waals surface area contributed by atoms with Crippen LogP contribution in [-0.4, -0.2) is 14.8 Å². The van der Waals surface area contributed by atoms with Gasteiger partial charge < -0.3 is 0 Å². The van der Waals surface area contributed by atoms with Crippen molar-refractivity contribution in [3.63, 3.8) is 0 Å². The molecule has 0 aliphatic heterocycles. The van der Waals surface area contributed by atoms with Crippen molar-refractivity contribution in [1.82, 2.24) is 14.8 Å². The predicted octanol–water partition coefficient (Wildman–Crippen LogP) is 2.76. The minimum atomic E-state index is 0.647. The highest BCUT2D eigenvalue weighted by Gasteiger charge is 2.16. The lowest BCUT2D eigenvalue weighted by atomic mass is 10.00. The first-order chi connectivity index (χ1) is 8.60. The molecule has 0 fully saturated rings. The highest BCUT2D eigenvalue weighted by atomic mass is 15.3. The Bertz CT molecular complexity index is 632. The molecule has 0 spiro atoms. The van der Waals surface area contributed by atoms with E-state index in [1.165, 1.54) is 0 Å². The van der Waals surface area contributed by atoms with Gasteiger partial charge in [0.2, 0.25) is 0 Å². The highest BCUT2D eigenvalue weighted by Crippen LogP contribution is 2.26. The molecule has 0 aliphatic rings. The molecule has 2 heterocycles. The lowest BCUT2D eigenvalue weighted by molar-refractivity contribution is 0.665. The van der Waals surface area contributed by atoms with Crippen molar-refractivity contribution >= 4 is 0 Å². The van der Waals surface area contributed by atoms with E-state index in [0.717, 1.165) is 34.8 Å². The maximum atomic E-state index is 9.36. The molecule has 0 aliphatic carbocycles. The molecule has 0 saturated heterocycles. The Kier molecular flexibility index (Phi) is 3.15. The van der Waals surface area contributed by atoms with Gasteiger partial charge in [0.05, 0.1) is 11.3 Å². The summed E-state index contributed by atoms with van der Waals surface area (Å²) in [5.41, 5.74) is 5.33. The van der Waals surface area contributed by atoms with Gasteiger partial charge in [-0.1, -0.05) is 0 Å². The van der Waals surface area contributed by atoms with E-state index >= 15 is 0 Å². The first kappa shape index (κ1) is 12.3. The van der Waals surface area contributed by atoms with Gasteiger partial charge >= 0.3 is 0 Å². The van der Waals surface area contributed by atoms with Crippen LogP contribution in [0.15, 0.2) is 12.3 Å². The number of aryl methyl sites for hydroxylation is 2. The number of hydrogen-bond acceptors (Lipinski definition) is 3. The second-order valence-corrected chi connectivity index (χ2v) is 4.31. The average molecular weight is 240 g/mol. The summed E-state index contributed by atoms with van der Waals surface area (Å²) in [5.74, 6) is 0. The molecule has 0 amide bonds. The van der Waals surface area contributed by atoms with Crippen LogP contribution in [0.5, 0.6) is 0 Å². The van der Waals surface area contributed by atoms with Crippen molar-refractivity contribution in [2.75, 3.05) is 0 Å². The van der Waals surface area contributed by atoms with E-state index in [1.54, 1.807) is 6.20 Å². The fraction of sp³-hybridized carbons (Fsp3) is 0.357. The normalized spacial score (nSPS) is 10.4. The summed E-state index contributed by atoms with van der Waals surface area (Å²) in [4.78, 5) is 4.57. The Hall–Kier alpha value is -2.15. The second-order valence-electron chi connectivity index (χ2n) is 4.31. The van der Waals surface area contributed by atoms with Crippen LogP contribution in [0.2, 0.25) is 0 Å². The zero-order chi connectivity index (χ0) is 13.3. The summed E-state index contributed by atoms with van der Waals surface area (Å²) in [6, 6.07) is 4.17. The molecule has 4 nitrogen and oxygen atoms in total.